The quantitative estimate of drug-likeness (QED) is 0.759. The van der Waals surface area contributed by atoms with E-state index in [1.165, 1.54) is 0 Å². The van der Waals surface area contributed by atoms with Crippen molar-refractivity contribution >= 4 is 12.0 Å². The van der Waals surface area contributed by atoms with Gasteiger partial charge in [-0.05, 0) is 36.5 Å². The maximum absolute atomic E-state index is 12.1. The number of carbonyl (C=O) groups is 2. The summed E-state index contributed by atoms with van der Waals surface area (Å²) in [4.78, 5) is 24.6. The molecule has 2 N–H and O–H groups in total. The zero-order chi connectivity index (χ0) is 16.0. The summed E-state index contributed by atoms with van der Waals surface area (Å²) in [5.74, 6) is 1.17. The molecule has 0 radical (unpaired) electrons. The summed E-state index contributed by atoms with van der Waals surface area (Å²) >= 11 is 0. The molecule has 1 rings (SSSR count). The Morgan fingerprint density at radius 2 is 1.76 bits per heavy atom. The molecule has 1 aliphatic heterocycles. The van der Waals surface area contributed by atoms with Gasteiger partial charge < -0.3 is 15.3 Å². The topological polar surface area (TPSA) is 69.6 Å². The molecule has 1 fully saturated rings. The van der Waals surface area contributed by atoms with Gasteiger partial charge in [0.1, 0.15) is 0 Å². The molecule has 0 spiro atoms. The van der Waals surface area contributed by atoms with Gasteiger partial charge in [-0.25, -0.2) is 4.79 Å². The van der Waals surface area contributed by atoms with Gasteiger partial charge in [0, 0.05) is 26.1 Å². The van der Waals surface area contributed by atoms with E-state index in [1.54, 1.807) is 0 Å². The Morgan fingerprint density at radius 1 is 1.19 bits per heavy atom. The first-order valence-corrected chi connectivity index (χ1v) is 8.05. The van der Waals surface area contributed by atoms with Crippen LogP contribution in [0.3, 0.4) is 0 Å². The Morgan fingerprint density at radius 3 is 2.24 bits per heavy atom. The van der Waals surface area contributed by atoms with Crippen LogP contribution in [0.25, 0.3) is 0 Å². The summed E-state index contributed by atoms with van der Waals surface area (Å²) in [6.07, 6.45) is 1.73. The van der Waals surface area contributed by atoms with E-state index in [0.29, 0.717) is 36.6 Å². The number of carboxylic acids is 1. The van der Waals surface area contributed by atoms with Gasteiger partial charge in [0.2, 0.25) is 0 Å². The first-order chi connectivity index (χ1) is 9.81. The fourth-order valence-electron chi connectivity index (χ4n) is 2.89. The van der Waals surface area contributed by atoms with E-state index in [2.05, 4.69) is 33.0 Å². The monoisotopic (exact) mass is 298 g/mol. The van der Waals surface area contributed by atoms with E-state index >= 15 is 0 Å². The summed E-state index contributed by atoms with van der Waals surface area (Å²) in [5.41, 5.74) is 0. The van der Waals surface area contributed by atoms with Crippen LogP contribution in [0.2, 0.25) is 0 Å². The van der Waals surface area contributed by atoms with E-state index < -0.39 is 5.97 Å². The highest BCUT2D eigenvalue weighted by atomic mass is 16.4. The van der Waals surface area contributed by atoms with Crippen LogP contribution in [0.15, 0.2) is 0 Å². The minimum absolute atomic E-state index is 0.0203. The van der Waals surface area contributed by atoms with Gasteiger partial charge in [0.15, 0.2) is 0 Å². The Labute approximate surface area is 128 Å². The first kappa shape index (κ1) is 17.8. The van der Waals surface area contributed by atoms with Crippen molar-refractivity contribution in [2.24, 2.45) is 23.7 Å². The maximum Gasteiger partial charge on any atom is 0.317 e. The van der Waals surface area contributed by atoms with E-state index in [1.807, 2.05) is 4.90 Å². The Balaban J connectivity index is 2.30. The summed E-state index contributed by atoms with van der Waals surface area (Å²) in [6, 6.07) is 0.0203. The van der Waals surface area contributed by atoms with Crippen LogP contribution in [0.1, 0.15) is 47.0 Å². The van der Waals surface area contributed by atoms with Crippen molar-refractivity contribution in [3.8, 4) is 0 Å². The number of carboxylic acid groups (broad SMARTS) is 1. The molecular formula is C16H30N2O3. The zero-order valence-corrected chi connectivity index (χ0v) is 13.8. The highest BCUT2D eigenvalue weighted by Crippen LogP contribution is 2.22. The molecule has 5 nitrogen and oxygen atoms in total. The number of urea groups is 1. The van der Waals surface area contributed by atoms with Crippen molar-refractivity contribution in [3.05, 3.63) is 0 Å². The van der Waals surface area contributed by atoms with Gasteiger partial charge in [-0.1, -0.05) is 27.7 Å². The minimum Gasteiger partial charge on any atom is -0.481 e. The number of hydrogen-bond donors (Lipinski definition) is 2. The molecule has 122 valence electrons. The van der Waals surface area contributed by atoms with Gasteiger partial charge in [-0.15, -0.1) is 0 Å². The molecule has 0 aromatic rings. The van der Waals surface area contributed by atoms with E-state index in [0.717, 1.165) is 19.5 Å². The lowest BCUT2D eigenvalue weighted by atomic mass is 9.88. The number of likely N-dealkylation sites (tertiary alicyclic amines) is 1. The predicted octanol–water partition coefficient (Wildman–Crippen LogP) is 2.81. The molecule has 3 atom stereocenters. The third-order valence-electron chi connectivity index (χ3n) is 4.74. The number of nitrogens with zero attached hydrogens (tertiary/aromatic N) is 1. The molecule has 0 saturated carbocycles. The number of carbonyl (C=O) groups excluding carboxylic acids is 1. The highest BCUT2D eigenvalue weighted by Gasteiger charge is 2.29. The summed E-state index contributed by atoms with van der Waals surface area (Å²) in [6.45, 7) is 10.9. The largest absolute Gasteiger partial charge is 0.481 e. The lowest BCUT2D eigenvalue weighted by Crippen LogP contribution is -2.39. The molecular weight excluding hydrogens is 268 g/mol. The minimum atomic E-state index is -0.746. The van der Waals surface area contributed by atoms with Crippen molar-refractivity contribution in [2.75, 3.05) is 19.6 Å². The molecule has 1 saturated heterocycles. The molecule has 0 aliphatic carbocycles. The van der Waals surface area contributed by atoms with Crippen LogP contribution in [-0.2, 0) is 4.79 Å². The van der Waals surface area contributed by atoms with Crippen molar-refractivity contribution < 1.29 is 14.7 Å². The molecule has 21 heavy (non-hydrogen) atoms. The van der Waals surface area contributed by atoms with Crippen LogP contribution < -0.4 is 5.32 Å². The number of rotatable bonds is 7. The van der Waals surface area contributed by atoms with Crippen molar-refractivity contribution in [1.82, 2.24) is 10.2 Å². The molecule has 3 unspecified atom stereocenters. The number of nitrogens with one attached hydrogen (secondary N) is 1. The van der Waals surface area contributed by atoms with Crippen LogP contribution >= 0.6 is 0 Å². The second-order valence-electron chi connectivity index (χ2n) is 6.82. The molecule has 0 aromatic heterocycles. The summed E-state index contributed by atoms with van der Waals surface area (Å²) in [7, 11) is 0. The average Bonchev–Trinajstić information content (AvgIpc) is 2.72. The maximum atomic E-state index is 12.1. The van der Waals surface area contributed by atoms with Crippen LogP contribution in [-0.4, -0.2) is 41.6 Å². The molecule has 0 bridgehead atoms. The van der Waals surface area contributed by atoms with E-state index in [4.69, 9.17) is 5.11 Å². The van der Waals surface area contributed by atoms with Crippen LogP contribution in [0.4, 0.5) is 4.79 Å². The predicted molar refractivity (Wildman–Crippen MR) is 83.1 cm³/mol. The second kappa shape index (κ2) is 8.25. The third-order valence-corrected chi connectivity index (χ3v) is 4.74. The van der Waals surface area contributed by atoms with Crippen molar-refractivity contribution in [3.63, 3.8) is 0 Å². The average molecular weight is 298 g/mol. The van der Waals surface area contributed by atoms with E-state index in [-0.39, 0.29) is 12.5 Å². The SMILES string of the molecule is CC(C)C(CCNC(=O)N1CC(C)C(C)C1)CCC(=O)O. The summed E-state index contributed by atoms with van der Waals surface area (Å²) < 4.78 is 0. The number of amides is 2. The molecule has 5 heteroatoms. The first-order valence-electron chi connectivity index (χ1n) is 8.05. The highest BCUT2D eigenvalue weighted by molar-refractivity contribution is 5.74. The normalized spacial score (nSPS) is 23.4. The smallest absolute Gasteiger partial charge is 0.317 e. The molecule has 2 amide bonds. The van der Waals surface area contributed by atoms with Crippen LogP contribution in [0, 0.1) is 23.7 Å². The van der Waals surface area contributed by atoms with Gasteiger partial charge >= 0.3 is 12.0 Å². The fraction of sp³-hybridized carbons (Fsp3) is 0.875. The number of aliphatic carboxylic acids is 1. The molecule has 0 aromatic carbocycles. The van der Waals surface area contributed by atoms with Gasteiger partial charge in [-0.3, -0.25) is 4.79 Å². The van der Waals surface area contributed by atoms with Crippen LogP contribution in [0.5, 0.6) is 0 Å². The summed E-state index contributed by atoms with van der Waals surface area (Å²) in [5, 5.41) is 11.8. The third kappa shape index (κ3) is 5.94. The van der Waals surface area contributed by atoms with Gasteiger partial charge in [-0.2, -0.15) is 0 Å². The Hall–Kier alpha value is -1.26. The van der Waals surface area contributed by atoms with Crippen molar-refractivity contribution in [1.29, 1.82) is 0 Å². The fourth-order valence-corrected chi connectivity index (χ4v) is 2.89. The lowest BCUT2D eigenvalue weighted by Gasteiger charge is -2.22. The standard InChI is InChI=1S/C16H30N2O3/c1-11(2)14(5-6-15(19)20)7-8-17-16(21)18-9-12(3)13(4)10-18/h11-14H,5-10H2,1-4H3,(H,17,21)(H,19,20). The molecule has 1 aliphatic rings. The molecule has 1 heterocycles. The number of hydrogen-bond acceptors (Lipinski definition) is 2. The van der Waals surface area contributed by atoms with Gasteiger partial charge in [0.05, 0.1) is 0 Å². The van der Waals surface area contributed by atoms with Gasteiger partial charge in [0.25, 0.3) is 0 Å². The van der Waals surface area contributed by atoms with Crippen molar-refractivity contribution in [2.45, 2.75) is 47.0 Å². The zero-order valence-electron chi connectivity index (χ0n) is 13.8. The second-order valence-corrected chi connectivity index (χ2v) is 6.82. The lowest BCUT2D eigenvalue weighted by molar-refractivity contribution is -0.137. The van der Waals surface area contributed by atoms with E-state index in [9.17, 15) is 9.59 Å². The Bertz CT molecular complexity index is 347. The Kier molecular flexibility index (Phi) is 6.99.